The van der Waals surface area contributed by atoms with E-state index < -0.39 is 12.1 Å². The molecule has 0 bridgehead atoms. The van der Waals surface area contributed by atoms with Crippen molar-refractivity contribution in [3.8, 4) is 11.8 Å². The Morgan fingerprint density at radius 2 is 2.14 bits per heavy atom. The largest absolute Gasteiger partial charge is 0.449 e. The van der Waals surface area contributed by atoms with Gasteiger partial charge in [0.05, 0.1) is 18.8 Å². The fourth-order valence-electron chi connectivity index (χ4n) is 2.66. The van der Waals surface area contributed by atoms with Crippen LogP contribution in [0.15, 0.2) is 40.4 Å². The highest BCUT2D eigenvalue weighted by Gasteiger charge is 2.33. The van der Waals surface area contributed by atoms with Crippen LogP contribution in [0.3, 0.4) is 0 Å². The SMILES string of the molecule is CCOC(=O)N1CCN(/C=N/c2c(C#N)c(SC)nn2-c2ccccc2)C1=O. The molecule has 9 nitrogen and oxygen atoms in total. The maximum absolute atomic E-state index is 12.4. The number of thioether (sulfide) groups is 1. The molecular formula is C18H18N6O3S. The predicted octanol–water partition coefficient (Wildman–Crippen LogP) is 3.02. The van der Waals surface area contributed by atoms with Crippen LogP contribution in [0.4, 0.5) is 15.4 Å². The molecule has 0 N–H and O–H groups in total. The third-order valence-corrected chi connectivity index (χ3v) is 4.66. The highest BCUT2D eigenvalue weighted by molar-refractivity contribution is 7.98. The summed E-state index contributed by atoms with van der Waals surface area (Å²) in [6.45, 7) is 2.37. The van der Waals surface area contributed by atoms with Gasteiger partial charge in [-0.15, -0.1) is 11.8 Å². The molecule has 0 atom stereocenters. The summed E-state index contributed by atoms with van der Waals surface area (Å²) in [4.78, 5) is 30.9. The van der Waals surface area contributed by atoms with Crippen molar-refractivity contribution < 1.29 is 14.3 Å². The minimum atomic E-state index is -0.680. The number of nitrogens with zero attached hydrogens (tertiary/aromatic N) is 6. The summed E-state index contributed by atoms with van der Waals surface area (Å²) < 4.78 is 6.43. The van der Waals surface area contributed by atoms with E-state index in [2.05, 4.69) is 16.2 Å². The maximum Gasteiger partial charge on any atom is 0.418 e. The van der Waals surface area contributed by atoms with E-state index in [-0.39, 0.29) is 19.7 Å². The number of imide groups is 1. The molecule has 3 rings (SSSR count). The lowest BCUT2D eigenvalue weighted by atomic mass is 10.3. The van der Waals surface area contributed by atoms with Gasteiger partial charge in [-0.05, 0) is 25.3 Å². The van der Waals surface area contributed by atoms with Crippen LogP contribution >= 0.6 is 11.8 Å². The quantitative estimate of drug-likeness (QED) is 0.436. The molecule has 1 aliphatic rings. The topological polar surface area (TPSA) is 104 Å². The molecule has 1 aromatic heterocycles. The first-order valence-electron chi connectivity index (χ1n) is 8.52. The lowest BCUT2D eigenvalue weighted by Crippen LogP contribution is -2.36. The van der Waals surface area contributed by atoms with Gasteiger partial charge in [0, 0.05) is 6.54 Å². The highest BCUT2D eigenvalue weighted by atomic mass is 32.2. The molecule has 0 unspecified atom stereocenters. The summed E-state index contributed by atoms with van der Waals surface area (Å²) in [7, 11) is 0. The van der Waals surface area contributed by atoms with E-state index in [1.54, 1.807) is 11.6 Å². The van der Waals surface area contributed by atoms with E-state index in [9.17, 15) is 14.9 Å². The van der Waals surface area contributed by atoms with Crippen LogP contribution < -0.4 is 0 Å². The molecule has 28 heavy (non-hydrogen) atoms. The number of ether oxygens (including phenoxy) is 1. The number of para-hydroxylation sites is 1. The monoisotopic (exact) mass is 398 g/mol. The fourth-order valence-corrected chi connectivity index (χ4v) is 3.16. The molecule has 144 valence electrons. The number of amides is 3. The van der Waals surface area contributed by atoms with Crippen LogP contribution in [-0.2, 0) is 4.74 Å². The summed E-state index contributed by atoms with van der Waals surface area (Å²) in [5, 5.41) is 14.6. The Morgan fingerprint density at radius 1 is 1.39 bits per heavy atom. The molecule has 3 amide bonds. The van der Waals surface area contributed by atoms with Crippen LogP contribution in [0, 0.1) is 11.3 Å². The molecule has 0 saturated carbocycles. The van der Waals surface area contributed by atoms with Crippen LogP contribution in [0.2, 0.25) is 0 Å². The minimum absolute atomic E-state index is 0.190. The van der Waals surface area contributed by atoms with E-state index in [0.717, 1.165) is 10.6 Å². The first kappa shape index (κ1) is 19.4. The number of hydrogen-bond acceptors (Lipinski definition) is 7. The van der Waals surface area contributed by atoms with Gasteiger partial charge in [-0.25, -0.2) is 24.2 Å². The van der Waals surface area contributed by atoms with Crippen molar-refractivity contribution in [1.29, 1.82) is 5.26 Å². The van der Waals surface area contributed by atoms with Gasteiger partial charge in [0.15, 0.2) is 5.82 Å². The van der Waals surface area contributed by atoms with Gasteiger partial charge < -0.3 is 4.74 Å². The first-order valence-corrected chi connectivity index (χ1v) is 9.74. The average molecular weight is 398 g/mol. The van der Waals surface area contributed by atoms with Gasteiger partial charge in [-0.1, -0.05) is 18.2 Å². The number of rotatable bonds is 5. The third kappa shape index (κ3) is 3.70. The first-order chi connectivity index (χ1) is 13.6. The summed E-state index contributed by atoms with van der Waals surface area (Å²) in [6.07, 6.45) is 2.47. The fraction of sp³-hybridized carbons (Fsp3) is 0.278. The zero-order chi connectivity index (χ0) is 20.1. The molecule has 1 saturated heterocycles. The zero-order valence-corrected chi connectivity index (χ0v) is 16.2. The lowest BCUT2D eigenvalue weighted by molar-refractivity contribution is 0.120. The molecule has 0 aliphatic carbocycles. The number of hydrogen-bond donors (Lipinski definition) is 0. The number of carbonyl (C=O) groups excluding carboxylic acids is 2. The van der Waals surface area contributed by atoms with Gasteiger partial charge >= 0.3 is 12.1 Å². The van der Waals surface area contributed by atoms with Crippen molar-refractivity contribution in [1.82, 2.24) is 19.6 Å². The van der Waals surface area contributed by atoms with Crippen molar-refractivity contribution in [3.05, 3.63) is 35.9 Å². The molecule has 0 radical (unpaired) electrons. The second-order valence-electron chi connectivity index (χ2n) is 5.64. The number of aliphatic imine (C=N–C) groups is 1. The Morgan fingerprint density at radius 3 is 2.79 bits per heavy atom. The standard InChI is InChI=1S/C18H18N6O3S/c1-3-27-18(26)23-10-9-22(17(23)25)12-20-15-14(11-19)16(28-2)21-24(15)13-7-5-4-6-8-13/h4-8,12H,3,9-10H2,1-2H3/b20-12+. The van der Waals surface area contributed by atoms with Crippen molar-refractivity contribution in [3.63, 3.8) is 0 Å². The number of carbonyl (C=O) groups is 2. The molecule has 1 fully saturated rings. The molecular weight excluding hydrogens is 380 g/mol. The summed E-state index contributed by atoms with van der Waals surface area (Å²) in [6, 6.07) is 10.9. The van der Waals surface area contributed by atoms with Gasteiger partial charge in [-0.3, -0.25) is 4.90 Å². The Labute approximate surface area is 166 Å². The molecule has 2 heterocycles. The smallest absolute Gasteiger partial charge is 0.418 e. The van der Waals surface area contributed by atoms with E-state index in [0.29, 0.717) is 16.4 Å². The Kier molecular flexibility index (Phi) is 5.96. The second kappa shape index (κ2) is 8.58. The second-order valence-corrected chi connectivity index (χ2v) is 6.43. The van der Waals surface area contributed by atoms with Crippen LogP contribution in [-0.4, -0.2) is 64.0 Å². The van der Waals surface area contributed by atoms with Gasteiger partial charge in [0.2, 0.25) is 0 Å². The summed E-state index contributed by atoms with van der Waals surface area (Å²) in [5.74, 6) is 0.320. The van der Waals surface area contributed by atoms with Gasteiger partial charge in [0.25, 0.3) is 0 Å². The van der Waals surface area contributed by atoms with Crippen LogP contribution in [0.5, 0.6) is 0 Å². The van der Waals surface area contributed by atoms with Gasteiger partial charge in [-0.2, -0.15) is 10.4 Å². The average Bonchev–Trinajstić information content (AvgIpc) is 3.26. The minimum Gasteiger partial charge on any atom is -0.449 e. The number of aromatic nitrogens is 2. The zero-order valence-electron chi connectivity index (χ0n) is 15.4. The Hall–Kier alpha value is -3.32. The van der Waals surface area contributed by atoms with Crippen molar-refractivity contribution in [2.45, 2.75) is 11.9 Å². The summed E-state index contributed by atoms with van der Waals surface area (Å²) >= 11 is 1.34. The van der Waals surface area contributed by atoms with E-state index >= 15 is 0 Å². The van der Waals surface area contributed by atoms with Crippen LogP contribution in [0.25, 0.3) is 5.69 Å². The van der Waals surface area contributed by atoms with Crippen LogP contribution in [0.1, 0.15) is 12.5 Å². The van der Waals surface area contributed by atoms with E-state index in [1.165, 1.54) is 23.0 Å². The molecule has 1 aromatic carbocycles. The number of urea groups is 1. The third-order valence-electron chi connectivity index (χ3n) is 3.98. The van der Waals surface area contributed by atoms with Crippen molar-refractivity contribution in [2.75, 3.05) is 26.0 Å². The van der Waals surface area contributed by atoms with Crippen molar-refractivity contribution in [2.24, 2.45) is 4.99 Å². The summed E-state index contributed by atoms with van der Waals surface area (Å²) in [5.41, 5.74) is 1.06. The molecule has 1 aliphatic heterocycles. The highest BCUT2D eigenvalue weighted by Crippen LogP contribution is 2.30. The molecule has 0 spiro atoms. The lowest BCUT2D eigenvalue weighted by Gasteiger charge is -2.13. The maximum atomic E-state index is 12.4. The van der Waals surface area contributed by atoms with Crippen molar-refractivity contribution >= 4 is 36.0 Å². The Bertz CT molecular complexity index is 950. The van der Waals surface area contributed by atoms with Gasteiger partial charge in [0.1, 0.15) is 23.0 Å². The molecule has 2 aromatic rings. The van der Waals surface area contributed by atoms with E-state index in [1.807, 2.05) is 36.6 Å². The molecule has 10 heteroatoms. The number of nitriles is 1. The van der Waals surface area contributed by atoms with E-state index in [4.69, 9.17) is 4.74 Å². The normalized spacial score (nSPS) is 14.0. The number of benzene rings is 1. The Balaban J connectivity index is 1.92. The predicted molar refractivity (Wildman–Crippen MR) is 104 cm³/mol.